The predicted molar refractivity (Wildman–Crippen MR) is 60.4 cm³/mol. The van der Waals surface area contributed by atoms with E-state index in [4.69, 9.17) is 15.2 Å². The van der Waals surface area contributed by atoms with Crippen LogP contribution in [0.2, 0.25) is 0 Å². The summed E-state index contributed by atoms with van der Waals surface area (Å²) in [6.07, 6.45) is 1.56. The Morgan fingerprint density at radius 2 is 2.53 bits per heavy atom. The number of carbonyl (C=O) groups excluding carboxylic acids is 1. The zero-order chi connectivity index (χ0) is 12.3. The molecule has 1 aliphatic heterocycles. The summed E-state index contributed by atoms with van der Waals surface area (Å²) in [6, 6.07) is 1.08. The van der Waals surface area contributed by atoms with Crippen LogP contribution in [0.1, 0.15) is 0 Å². The third-order valence-corrected chi connectivity index (χ3v) is 2.52. The number of rotatable bonds is 2. The molecule has 1 aromatic rings. The van der Waals surface area contributed by atoms with Gasteiger partial charge in [-0.25, -0.2) is 9.78 Å². The maximum absolute atomic E-state index is 11.6. The molecule has 1 fully saturated rings. The van der Waals surface area contributed by atoms with E-state index in [9.17, 15) is 4.79 Å². The number of anilines is 2. The van der Waals surface area contributed by atoms with Gasteiger partial charge in [-0.3, -0.25) is 0 Å². The number of hydrogen-bond acceptors (Lipinski definition) is 7. The predicted octanol–water partition coefficient (Wildman–Crippen LogP) is -0.563. The Kier molecular flexibility index (Phi) is 3.38. The number of hydrogen-bond donors (Lipinski definition) is 1. The molecule has 0 bridgehead atoms. The van der Waals surface area contributed by atoms with E-state index in [0.717, 1.165) is 0 Å². The van der Waals surface area contributed by atoms with Crippen LogP contribution < -0.4 is 10.6 Å². The lowest BCUT2D eigenvalue weighted by Crippen LogP contribution is -2.51. The van der Waals surface area contributed by atoms with Crippen molar-refractivity contribution in [1.82, 2.24) is 9.97 Å². The Morgan fingerprint density at radius 3 is 3.24 bits per heavy atom. The van der Waals surface area contributed by atoms with E-state index in [1.165, 1.54) is 7.11 Å². The largest absolute Gasteiger partial charge is 0.467 e. The van der Waals surface area contributed by atoms with Gasteiger partial charge in [0.1, 0.15) is 5.82 Å². The molecule has 1 aromatic heterocycles. The third kappa shape index (κ3) is 2.44. The van der Waals surface area contributed by atoms with Crippen molar-refractivity contribution in [1.29, 1.82) is 0 Å². The molecule has 0 radical (unpaired) electrons. The molecule has 7 heteroatoms. The van der Waals surface area contributed by atoms with Crippen molar-refractivity contribution in [3.8, 4) is 0 Å². The van der Waals surface area contributed by atoms with Crippen LogP contribution in [0.4, 0.5) is 11.8 Å². The van der Waals surface area contributed by atoms with Crippen molar-refractivity contribution in [2.75, 3.05) is 37.5 Å². The van der Waals surface area contributed by atoms with E-state index in [1.807, 2.05) is 0 Å². The van der Waals surface area contributed by atoms with E-state index in [1.54, 1.807) is 17.2 Å². The quantitative estimate of drug-likeness (QED) is 0.690. The molecule has 2 rings (SSSR count). The topological polar surface area (TPSA) is 90.6 Å². The lowest BCUT2D eigenvalue weighted by molar-refractivity contribution is -0.144. The molecular weight excluding hydrogens is 224 g/mol. The molecule has 0 amide bonds. The number of methoxy groups -OCH3 is 1. The summed E-state index contributed by atoms with van der Waals surface area (Å²) in [5, 5.41) is 0. The number of esters is 1. The van der Waals surface area contributed by atoms with Crippen molar-refractivity contribution in [2.24, 2.45) is 0 Å². The van der Waals surface area contributed by atoms with Crippen LogP contribution in [0.25, 0.3) is 0 Å². The maximum atomic E-state index is 11.6. The lowest BCUT2D eigenvalue weighted by Gasteiger charge is -2.33. The zero-order valence-corrected chi connectivity index (χ0v) is 9.50. The molecule has 7 nitrogen and oxygen atoms in total. The highest BCUT2D eigenvalue weighted by atomic mass is 16.5. The SMILES string of the molecule is COC(=O)C1COCCN1c1nccc(N)n1. The smallest absolute Gasteiger partial charge is 0.331 e. The molecule has 0 aliphatic carbocycles. The normalized spacial score (nSPS) is 20.1. The Labute approximate surface area is 98.5 Å². The average molecular weight is 238 g/mol. The van der Waals surface area contributed by atoms with Gasteiger partial charge in [0.15, 0.2) is 6.04 Å². The van der Waals surface area contributed by atoms with Crippen molar-refractivity contribution >= 4 is 17.7 Å². The summed E-state index contributed by atoms with van der Waals surface area (Å²) in [5.41, 5.74) is 5.59. The number of carbonyl (C=O) groups is 1. The fourth-order valence-corrected chi connectivity index (χ4v) is 1.67. The third-order valence-electron chi connectivity index (χ3n) is 2.52. The van der Waals surface area contributed by atoms with Crippen LogP contribution in [0, 0.1) is 0 Å². The van der Waals surface area contributed by atoms with Gasteiger partial charge < -0.3 is 20.1 Å². The van der Waals surface area contributed by atoms with Gasteiger partial charge in [0.05, 0.1) is 20.3 Å². The highest BCUT2D eigenvalue weighted by Crippen LogP contribution is 2.16. The molecule has 2 N–H and O–H groups in total. The van der Waals surface area contributed by atoms with Gasteiger partial charge in [-0.15, -0.1) is 0 Å². The van der Waals surface area contributed by atoms with Gasteiger partial charge >= 0.3 is 5.97 Å². The summed E-state index contributed by atoms with van der Waals surface area (Å²) in [7, 11) is 1.34. The van der Waals surface area contributed by atoms with Gasteiger partial charge in [-0.1, -0.05) is 0 Å². The second-order valence-electron chi connectivity index (χ2n) is 3.59. The van der Waals surface area contributed by atoms with E-state index in [2.05, 4.69) is 9.97 Å². The second kappa shape index (κ2) is 4.96. The van der Waals surface area contributed by atoms with Crippen LogP contribution in [0.15, 0.2) is 12.3 Å². The average Bonchev–Trinajstić information content (AvgIpc) is 2.38. The van der Waals surface area contributed by atoms with Crippen LogP contribution in [0.5, 0.6) is 0 Å². The van der Waals surface area contributed by atoms with E-state index in [0.29, 0.717) is 24.9 Å². The summed E-state index contributed by atoms with van der Waals surface area (Å²) in [5.74, 6) is 0.421. The van der Waals surface area contributed by atoms with Crippen LogP contribution in [-0.2, 0) is 14.3 Å². The molecule has 1 aliphatic rings. The van der Waals surface area contributed by atoms with Gasteiger partial charge in [0, 0.05) is 12.7 Å². The molecule has 1 saturated heterocycles. The number of nitrogens with zero attached hydrogens (tertiary/aromatic N) is 3. The Bertz CT molecular complexity index is 412. The minimum absolute atomic E-state index is 0.269. The van der Waals surface area contributed by atoms with E-state index >= 15 is 0 Å². The van der Waals surface area contributed by atoms with Gasteiger partial charge in [0.2, 0.25) is 5.95 Å². The summed E-state index contributed by atoms with van der Waals surface area (Å²) in [4.78, 5) is 21.5. The van der Waals surface area contributed by atoms with Crippen molar-refractivity contribution in [2.45, 2.75) is 6.04 Å². The lowest BCUT2D eigenvalue weighted by atomic mass is 10.2. The van der Waals surface area contributed by atoms with E-state index < -0.39 is 6.04 Å². The first-order valence-corrected chi connectivity index (χ1v) is 5.23. The monoisotopic (exact) mass is 238 g/mol. The standard InChI is InChI=1S/C10H14N4O3/c1-16-9(15)7-6-17-5-4-14(7)10-12-3-2-8(11)13-10/h2-3,7H,4-6H2,1H3,(H2,11,12,13). The van der Waals surface area contributed by atoms with E-state index in [-0.39, 0.29) is 12.6 Å². The zero-order valence-electron chi connectivity index (χ0n) is 9.50. The first-order chi connectivity index (χ1) is 8.22. The number of morpholine rings is 1. The molecule has 17 heavy (non-hydrogen) atoms. The fraction of sp³-hybridized carbons (Fsp3) is 0.500. The van der Waals surface area contributed by atoms with Crippen LogP contribution in [-0.4, -0.2) is 48.8 Å². The Balaban J connectivity index is 2.24. The molecule has 0 aromatic carbocycles. The summed E-state index contributed by atoms with van der Waals surface area (Å²) >= 11 is 0. The highest BCUT2D eigenvalue weighted by Gasteiger charge is 2.32. The van der Waals surface area contributed by atoms with Gasteiger partial charge in [-0.05, 0) is 6.07 Å². The summed E-state index contributed by atoms with van der Waals surface area (Å²) in [6.45, 7) is 1.32. The fourth-order valence-electron chi connectivity index (χ4n) is 1.67. The molecular formula is C10H14N4O3. The van der Waals surface area contributed by atoms with Crippen molar-refractivity contribution in [3.63, 3.8) is 0 Å². The van der Waals surface area contributed by atoms with Gasteiger partial charge in [0.25, 0.3) is 0 Å². The number of nitrogen functional groups attached to an aromatic ring is 1. The Morgan fingerprint density at radius 1 is 1.71 bits per heavy atom. The maximum Gasteiger partial charge on any atom is 0.331 e. The van der Waals surface area contributed by atoms with Crippen molar-refractivity contribution in [3.05, 3.63) is 12.3 Å². The first kappa shape index (κ1) is 11.6. The first-order valence-electron chi connectivity index (χ1n) is 5.23. The molecule has 1 atom stereocenters. The second-order valence-corrected chi connectivity index (χ2v) is 3.59. The van der Waals surface area contributed by atoms with Crippen LogP contribution in [0.3, 0.4) is 0 Å². The highest BCUT2D eigenvalue weighted by molar-refractivity contribution is 5.79. The minimum atomic E-state index is -0.518. The van der Waals surface area contributed by atoms with Crippen molar-refractivity contribution < 1.29 is 14.3 Å². The van der Waals surface area contributed by atoms with Crippen LogP contribution >= 0.6 is 0 Å². The number of aromatic nitrogens is 2. The molecule has 0 spiro atoms. The molecule has 1 unspecified atom stereocenters. The number of nitrogens with two attached hydrogens (primary N) is 1. The number of ether oxygens (including phenoxy) is 2. The molecule has 0 saturated carbocycles. The minimum Gasteiger partial charge on any atom is -0.467 e. The Hall–Kier alpha value is -1.89. The molecule has 2 heterocycles. The summed E-state index contributed by atoms with van der Waals surface area (Å²) < 4.78 is 9.98. The molecule has 92 valence electrons. The van der Waals surface area contributed by atoms with Gasteiger partial charge in [-0.2, -0.15) is 4.98 Å².